The van der Waals surface area contributed by atoms with Crippen LogP contribution in [0.5, 0.6) is 28.7 Å². The van der Waals surface area contributed by atoms with Crippen molar-refractivity contribution in [1.82, 2.24) is 15.3 Å². The first-order valence-electron chi connectivity index (χ1n) is 19.0. The number of fused-ring (bicyclic) bond motifs is 3. The smallest absolute Gasteiger partial charge is 0.310 e. The number of nitrogens with one attached hydrogen (secondary N) is 1. The highest BCUT2D eigenvalue weighted by atomic mass is 16.7. The van der Waals surface area contributed by atoms with Gasteiger partial charge in [0.25, 0.3) is 5.91 Å². The molecular formula is C41H53N3O10. The minimum absolute atomic E-state index is 0.0461. The zero-order valence-electron chi connectivity index (χ0n) is 32.6. The number of methoxy groups -OCH3 is 3. The molecule has 3 aliphatic heterocycles. The zero-order valence-corrected chi connectivity index (χ0v) is 32.6. The maximum absolute atomic E-state index is 15.3. The van der Waals surface area contributed by atoms with E-state index < -0.39 is 40.4 Å². The maximum Gasteiger partial charge on any atom is 0.310 e. The fourth-order valence-electron chi connectivity index (χ4n) is 9.69. The number of ether oxygens (including phenoxy) is 6. The molecule has 54 heavy (non-hydrogen) atoms. The summed E-state index contributed by atoms with van der Waals surface area (Å²) in [5, 5.41) is 15.8. The van der Waals surface area contributed by atoms with Gasteiger partial charge in [-0.25, -0.2) is 0 Å². The van der Waals surface area contributed by atoms with E-state index in [0.717, 1.165) is 36.0 Å². The van der Waals surface area contributed by atoms with Gasteiger partial charge in [0.1, 0.15) is 5.54 Å². The first-order chi connectivity index (χ1) is 25.7. The molecule has 0 unspecified atom stereocenters. The number of benzene rings is 2. The second-order valence-corrected chi connectivity index (χ2v) is 16.2. The lowest BCUT2D eigenvalue weighted by atomic mass is 9.65. The number of hydroxylamine groups is 2. The van der Waals surface area contributed by atoms with Crippen molar-refractivity contribution in [3.8, 4) is 28.7 Å². The number of amides is 2. The number of hydrogen-bond acceptors (Lipinski definition) is 11. The molecule has 13 heteroatoms. The van der Waals surface area contributed by atoms with Crippen LogP contribution in [0.25, 0.3) is 0 Å². The summed E-state index contributed by atoms with van der Waals surface area (Å²) in [6.45, 7) is 9.88. The van der Waals surface area contributed by atoms with E-state index in [9.17, 15) is 14.8 Å². The summed E-state index contributed by atoms with van der Waals surface area (Å²) in [5.74, 6) is -0.131. The number of carbonyl (C=O) groups is 3. The van der Waals surface area contributed by atoms with Gasteiger partial charge in [-0.05, 0) is 87.9 Å². The maximum atomic E-state index is 15.3. The second-order valence-electron chi connectivity index (χ2n) is 16.2. The van der Waals surface area contributed by atoms with Crippen molar-refractivity contribution in [3.05, 3.63) is 52.6 Å². The molecule has 3 heterocycles. The van der Waals surface area contributed by atoms with Crippen LogP contribution in [0.2, 0.25) is 0 Å². The molecule has 1 saturated heterocycles. The number of carbonyl (C=O) groups excluding carboxylic acids is 3. The molecule has 13 nitrogen and oxygen atoms in total. The Bertz CT molecular complexity index is 1840. The molecule has 4 atom stereocenters. The Morgan fingerprint density at radius 1 is 0.926 bits per heavy atom. The molecule has 292 valence electrons. The van der Waals surface area contributed by atoms with Crippen LogP contribution in [-0.4, -0.2) is 90.8 Å². The SMILES string of the molecule is CCCN(C(=O)C1=CC(C)(C)N(O)C1(C)C)C1(C(=O)N[C@@H]2c3cc4c(cc3[C@@H](c3cc(OC)c(OC)c(OC)c3)[C@H]3C(=O)OC[C@@H]32)OCO4)CCCCC1. The third kappa shape index (κ3) is 5.85. The molecule has 5 aliphatic rings. The standard InChI is InChI=1S/C41H53N3O10/c1-9-15-43(36(45)27-20-39(2,3)44(48)40(27,4)5)41(13-11-10-12-14-41)38(47)42-34-25-19-29-28(53-22-54-29)18-24(25)32(33-26(34)21-52-37(33)46)23-16-30(49-6)35(51-8)31(17-23)50-7/h16-20,26,32-34,48H,9-15,21-22H2,1-8H3,(H,42,47)/t26-,32+,33-,34+/m0/s1. The Hall–Kier alpha value is -4.49. The summed E-state index contributed by atoms with van der Waals surface area (Å²) < 4.78 is 34.6. The average molecular weight is 748 g/mol. The summed E-state index contributed by atoms with van der Waals surface area (Å²) in [5.41, 5.74) is -0.132. The van der Waals surface area contributed by atoms with Gasteiger partial charge in [0.15, 0.2) is 23.0 Å². The van der Waals surface area contributed by atoms with Crippen molar-refractivity contribution in [2.45, 2.75) is 102 Å². The van der Waals surface area contributed by atoms with Crippen molar-refractivity contribution in [3.63, 3.8) is 0 Å². The fraction of sp³-hybridized carbons (Fsp3) is 0.585. The van der Waals surface area contributed by atoms with Gasteiger partial charge in [-0.3, -0.25) is 14.4 Å². The Morgan fingerprint density at radius 2 is 1.56 bits per heavy atom. The van der Waals surface area contributed by atoms with E-state index in [1.54, 1.807) is 19.1 Å². The fourth-order valence-corrected chi connectivity index (χ4v) is 9.69. The van der Waals surface area contributed by atoms with Crippen LogP contribution in [0.4, 0.5) is 0 Å². The Morgan fingerprint density at radius 3 is 2.11 bits per heavy atom. The number of nitrogens with zero attached hydrogens (tertiary/aromatic N) is 2. The highest BCUT2D eigenvalue weighted by Gasteiger charge is 2.57. The first kappa shape index (κ1) is 37.8. The minimum Gasteiger partial charge on any atom is -0.493 e. The first-order valence-corrected chi connectivity index (χ1v) is 19.0. The highest BCUT2D eigenvalue weighted by Crippen LogP contribution is 2.56. The summed E-state index contributed by atoms with van der Waals surface area (Å²) >= 11 is 0. The molecule has 0 spiro atoms. The van der Waals surface area contributed by atoms with Crippen LogP contribution in [0.3, 0.4) is 0 Å². The lowest BCUT2D eigenvalue weighted by Crippen LogP contribution is -2.64. The van der Waals surface area contributed by atoms with Crippen molar-refractivity contribution in [1.29, 1.82) is 0 Å². The molecule has 2 N–H and O–H groups in total. The third-order valence-corrected chi connectivity index (χ3v) is 12.3. The quantitative estimate of drug-likeness (QED) is 0.291. The molecule has 2 amide bonds. The van der Waals surface area contributed by atoms with E-state index in [4.69, 9.17) is 28.4 Å². The van der Waals surface area contributed by atoms with Crippen LogP contribution in [0.1, 0.15) is 102 Å². The molecule has 0 radical (unpaired) electrons. The van der Waals surface area contributed by atoms with Crippen LogP contribution < -0.4 is 29.0 Å². The van der Waals surface area contributed by atoms with Gasteiger partial charge in [0.2, 0.25) is 18.4 Å². The summed E-state index contributed by atoms with van der Waals surface area (Å²) in [6.07, 6.45) is 5.94. The number of esters is 1. The molecule has 2 aliphatic carbocycles. The summed E-state index contributed by atoms with van der Waals surface area (Å²) in [7, 11) is 4.63. The van der Waals surface area contributed by atoms with Crippen LogP contribution in [0, 0.1) is 11.8 Å². The Kier molecular flexibility index (Phi) is 9.79. The monoisotopic (exact) mass is 747 g/mol. The minimum atomic E-state index is -1.15. The average Bonchev–Trinajstić information content (AvgIpc) is 3.83. The Balaban J connectivity index is 1.34. The van der Waals surface area contributed by atoms with Gasteiger partial charge in [0.05, 0.1) is 51.0 Å². The van der Waals surface area contributed by atoms with Gasteiger partial charge in [0, 0.05) is 24.0 Å². The van der Waals surface area contributed by atoms with Crippen LogP contribution >= 0.6 is 0 Å². The predicted molar refractivity (Wildman–Crippen MR) is 197 cm³/mol. The largest absolute Gasteiger partial charge is 0.493 e. The predicted octanol–water partition coefficient (Wildman–Crippen LogP) is 5.66. The van der Waals surface area contributed by atoms with Crippen LogP contribution in [0.15, 0.2) is 35.9 Å². The van der Waals surface area contributed by atoms with E-state index >= 15 is 4.79 Å². The van der Waals surface area contributed by atoms with Gasteiger partial charge >= 0.3 is 5.97 Å². The molecule has 1 saturated carbocycles. The second kappa shape index (κ2) is 14.0. The van der Waals surface area contributed by atoms with Crippen LogP contribution in [-0.2, 0) is 19.1 Å². The van der Waals surface area contributed by atoms with E-state index in [1.807, 2.05) is 65.0 Å². The summed E-state index contributed by atoms with van der Waals surface area (Å²) in [6, 6.07) is 6.84. The van der Waals surface area contributed by atoms with E-state index in [0.29, 0.717) is 60.1 Å². The van der Waals surface area contributed by atoms with E-state index in [1.165, 1.54) is 12.2 Å². The Labute approximate surface area is 316 Å². The lowest BCUT2D eigenvalue weighted by Gasteiger charge is -2.48. The molecule has 0 aromatic heterocycles. The third-order valence-electron chi connectivity index (χ3n) is 12.3. The molecule has 0 bridgehead atoms. The summed E-state index contributed by atoms with van der Waals surface area (Å²) in [4.78, 5) is 45.7. The van der Waals surface area contributed by atoms with E-state index in [2.05, 4.69) is 5.32 Å². The number of cyclic esters (lactones) is 1. The molecule has 2 aromatic carbocycles. The normalized spacial score (nSPS) is 25.9. The van der Waals surface area contributed by atoms with Crippen molar-refractivity contribution in [2.24, 2.45) is 11.8 Å². The van der Waals surface area contributed by atoms with Gasteiger partial charge in [-0.1, -0.05) is 32.3 Å². The van der Waals surface area contributed by atoms with Crippen molar-refractivity contribution in [2.75, 3.05) is 41.3 Å². The van der Waals surface area contributed by atoms with Crippen molar-refractivity contribution < 1.29 is 48.0 Å². The number of rotatable bonds is 10. The van der Waals surface area contributed by atoms with E-state index in [-0.39, 0.29) is 31.2 Å². The molecule has 2 aromatic rings. The number of hydrogen-bond donors (Lipinski definition) is 2. The molecular weight excluding hydrogens is 694 g/mol. The lowest BCUT2D eigenvalue weighted by molar-refractivity contribution is -0.187. The highest BCUT2D eigenvalue weighted by molar-refractivity contribution is 6.01. The van der Waals surface area contributed by atoms with Gasteiger partial charge < -0.3 is 43.8 Å². The van der Waals surface area contributed by atoms with Gasteiger partial charge in [-0.2, -0.15) is 5.06 Å². The zero-order chi connectivity index (χ0) is 38.7. The van der Waals surface area contributed by atoms with Crippen molar-refractivity contribution >= 4 is 17.8 Å². The van der Waals surface area contributed by atoms with Gasteiger partial charge in [-0.15, -0.1) is 0 Å². The molecule has 2 fully saturated rings. The topological polar surface area (TPSA) is 145 Å². The molecule has 7 rings (SSSR count).